The molecule has 6 nitrogen and oxygen atoms in total. The highest BCUT2D eigenvalue weighted by molar-refractivity contribution is 5.97. The average molecular weight is 295 g/mol. The molecule has 3 aromatic rings. The van der Waals surface area contributed by atoms with Crippen molar-refractivity contribution in [2.45, 2.75) is 6.92 Å². The monoisotopic (exact) mass is 295 g/mol. The summed E-state index contributed by atoms with van der Waals surface area (Å²) >= 11 is 0. The summed E-state index contributed by atoms with van der Waals surface area (Å²) in [6.07, 6.45) is 0. The predicted molar refractivity (Wildman–Crippen MR) is 81.1 cm³/mol. The lowest BCUT2D eigenvalue weighted by Gasteiger charge is -1.97. The van der Waals surface area contributed by atoms with Crippen molar-refractivity contribution in [1.82, 2.24) is 10.4 Å². The second-order valence-electron chi connectivity index (χ2n) is 4.81. The smallest absolute Gasteiger partial charge is 0.265 e. The van der Waals surface area contributed by atoms with Gasteiger partial charge in [0.2, 0.25) is 5.89 Å². The summed E-state index contributed by atoms with van der Waals surface area (Å²) in [5, 5.41) is 0. The van der Waals surface area contributed by atoms with Crippen LogP contribution in [0.25, 0.3) is 22.6 Å². The number of carbonyl (C=O) groups excluding carboxylic acids is 2. The van der Waals surface area contributed by atoms with Crippen LogP contribution in [-0.2, 0) is 0 Å². The van der Waals surface area contributed by atoms with E-state index in [0.717, 1.165) is 5.56 Å². The number of benzene rings is 2. The Kier molecular flexibility index (Phi) is 3.44. The molecule has 0 saturated carbocycles. The van der Waals surface area contributed by atoms with Gasteiger partial charge in [0.1, 0.15) is 5.52 Å². The van der Waals surface area contributed by atoms with Crippen molar-refractivity contribution >= 4 is 22.8 Å². The highest BCUT2D eigenvalue weighted by Gasteiger charge is 2.11. The Labute approximate surface area is 125 Å². The predicted octanol–water partition coefficient (Wildman–Crippen LogP) is 2.30. The van der Waals surface area contributed by atoms with Gasteiger partial charge in [0.05, 0.1) is 0 Å². The minimum Gasteiger partial charge on any atom is -0.436 e. The van der Waals surface area contributed by atoms with Crippen molar-refractivity contribution in [2.24, 2.45) is 5.84 Å². The molecule has 1 heterocycles. The van der Waals surface area contributed by atoms with E-state index < -0.39 is 5.91 Å². The van der Waals surface area contributed by atoms with Crippen LogP contribution in [0.5, 0.6) is 0 Å². The van der Waals surface area contributed by atoms with E-state index in [2.05, 4.69) is 10.4 Å². The molecule has 2 aromatic carbocycles. The standard InChI is InChI=1S/C16H13N3O3/c1-9(20)10-2-4-11(5-3-10)16-18-13-8-12(15(21)19-17)6-7-14(13)22-16/h2-8H,17H2,1H3,(H,19,21). The van der Waals surface area contributed by atoms with Gasteiger partial charge in [-0.25, -0.2) is 10.8 Å². The lowest BCUT2D eigenvalue weighted by atomic mass is 10.1. The van der Waals surface area contributed by atoms with Crippen LogP contribution in [-0.4, -0.2) is 16.7 Å². The molecule has 0 spiro atoms. The number of nitrogens with one attached hydrogen (secondary N) is 1. The molecule has 22 heavy (non-hydrogen) atoms. The number of carbonyl (C=O) groups is 2. The zero-order valence-corrected chi connectivity index (χ0v) is 11.8. The maximum absolute atomic E-state index is 11.5. The molecule has 0 atom stereocenters. The second-order valence-corrected chi connectivity index (χ2v) is 4.81. The molecule has 1 amide bonds. The number of nitrogens with two attached hydrogens (primary N) is 1. The van der Waals surface area contributed by atoms with Crippen molar-refractivity contribution < 1.29 is 14.0 Å². The molecular formula is C16H13N3O3. The van der Waals surface area contributed by atoms with Gasteiger partial charge in [-0.3, -0.25) is 15.0 Å². The Hall–Kier alpha value is -2.99. The molecule has 3 N–H and O–H groups in total. The van der Waals surface area contributed by atoms with Crippen LogP contribution in [0.3, 0.4) is 0 Å². The van der Waals surface area contributed by atoms with Crippen LogP contribution in [0.1, 0.15) is 27.6 Å². The van der Waals surface area contributed by atoms with Crippen LogP contribution in [0.15, 0.2) is 46.9 Å². The van der Waals surface area contributed by atoms with Crippen molar-refractivity contribution in [3.63, 3.8) is 0 Å². The van der Waals surface area contributed by atoms with Crippen LogP contribution < -0.4 is 11.3 Å². The summed E-state index contributed by atoms with van der Waals surface area (Å²) in [5.74, 6) is 5.15. The van der Waals surface area contributed by atoms with Crippen LogP contribution >= 0.6 is 0 Å². The summed E-state index contributed by atoms with van der Waals surface area (Å²) < 4.78 is 5.66. The summed E-state index contributed by atoms with van der Waals surface area (Å²) in [4.78, 5) is 27.1. The number of nitrogen functional groups attached to an aromatic ring is 1. The van der Waals surface area contributed by atoms with Crippen molar-refractivity contribution in [2.75, 3.05) is 0 Å². The fourth-order valence-corrected chi connectivity index (χ4v) is 2.12. The van der Waals surface area contributed by atoms with Crippen LogP contribution in [0, 0.1) is 0 Å². The minimum absolute atomic E-state index is 0.00144. The number of aromatic nitrogens is 1. The van der Waals surface area contributed by atoms with Gasteiger partial charge in [0.25, 0.3) is 5.91 Å². The number of Topliss-reactive ketones (excluding diaryl/α,β-unsaturated/α-hetero) is 1. The Morgan fingerprint density at radius 2 is 1.77 bits per heavy atom. The molecule has 0 unspecified atom stereocenters. The maximum atomic E-state index is 11.5. The Bertz CT molecular complexity index is 866. The molecule has 0 aliphatic carbocycles. The van der Waals surface area contributed by atoms with Crippen molar-refractivity contribution in [3.05, 3.63) is 53.6 Å². The fourth-order valence-electron chi connectivity index (χ4n) is 2.12. The first-order valence-corrected chi connectivity index (χ1v) is 6.61. The maximum Gasteiger partial charge on any atom is 0.265 e. The number of amides is 1. The number of fused-ring (bicyclic) bond motifs is 1. The van der Waals surface area contributed by atoms with Crippen molar-refractivity contribution in [3.8, 4) is 11.5 Å². The van der Waals surface area contributed by atoms with Gasteiger partial charge in [-0.15, -0.1) is 0 Å². The first-order chi connectivity index (χ1) is 10.6. The SMILES string of the molecule is CC(=O)c1ccc(-c2nc3cc(C(=O)NN)ccc3o2)cc1. The third kappa shape index (κ3) is 2.47. The van der Waals surface area contributed by atoms with E-state index in [-0.39, 0.29) is 5.78 Å². The van der Waals surface area contributed by atoms with Gasteiger partial charge < -0.3 is 4.42 Å². The second kappa shape index (κ2) is 5.42. The van der Waals surface area contributed by atoms with E-state index in [1.54, 1.807) is 42.5 Å². The van der Waals surface area contributed by atoms with E-state index in [1.807, 2.05) is 0 Å². The topological polar surface area (TPSA) is 98.2 Å². The number of hydrazine groups is 1. The molecule has 0 bridgehead atoms. The summed E-state index contributed by atoms with van der Waals surface area (Å²) in [6.45, 7) is 1.51. The highest BCUT2D eigenvalue weighted by Crippen LogP contribution is 2.25. The van der Waals surface area contributed by atoms with Gasteiger partial charge in [-0.1, -0.05) is 12.1 Å². The zero-order chi connectivity index (χ0) is 15.7. The molecule has 3 rings (SSSR count). The first kappa shape index (κ1) is 14.0. The van der Waals surface area contributed by atoms with E-state index >= 15 is 0 Å². The van der Waals surface area contributed by atoms with E-state index in [4.69, 9.17) is 10.3 Å². The van der Waals surface area contributed by atoms with Gasteiger partial charge in [-0.2, -0.15) is 0 Å². The molecule has 6 heteroatoms. The Balaban J connectivity index is 2.01. The minimum atomic E-state index is -0.391. The van der Waals surface area contributed by atoms with Gasteiger partial charge in [0, 0.05) is 16.7 Å². The van der Waals surface area contributed by atoms with Gasteiger partial charge >= 0.3 is 0 Å². The highest BCUT2D eigenvalue weighted by atomic mass is 16.3. The van der Waals surface area contributed by atoms with Gasteiger partial charge in [0.15, 0.2) is 11.4 Å². The molecule has 0 saturated heterocycles. The van der Waals surface area contributed by atoms with Crippen LogP contribution in [0.4, 0.5) is 0 Å². The number of hydrogen-bond donors (Lipinski definition) is 2. The lowest BCUT2D eigenvalue weighted by molar-refractivity contribution is 0.0952. The molecule has 0 fully saturated rings. The van der Waals surface area contributed by atoms with Crippen LogP contribution in [0.2, 0.25) is 0 Å². The Morgan fingerprint density at radius 3 is 2.41 bits per heavy atom. The summed E-state index contributed by atoms with van der Waals surface area (Å²) in [5.41, 5.74) is 4.99. The molecule has 0 radical (unpaired) electrons. The normalized spacial score (nSPS) is 10.6. The number of nitrogens with zero attached hydrogens (tertiary/aromatic N) is 1. The lowest BCUT2D eigenvalue weighted by Crippen LogP contribution is -2.29. The van der Waals surface area contributed by atoms with E-state index in [1.165, 1.54) is 6.92 Å². The number of hydrogen-bond acceptors (Lipinski definition) is 5. The zero-order valence-electron chi connectivity index (χ0n) is 11.8. The first-order valence-electron chi connectivity index (χ1n) is 6.61. The molecule has 0 aliphatic heterocycles. The quantitative estimate of drug-likeness (QED) is 0.334. The third-order valence-corrected chi connectivity index (χ3v) is 3.32. The largest absolute Gasteiger partial charge is 0.436 e. The number of oxazole rings is 1. The summed E-state index contributed by atoms with van der Waals surface area (Å²) in [6, 6.07) is 11.9. The molecule has 0 aliphatic rings. The summed E-state index contributed by atoms with van der Waals surface area (Å²) in [7, 11) is 0. The fraction of sp³-hybridized carbons (Fsp3) is 0.0625. The van der Waals surface area contributed by atoms with E-state index in [0.29, 0.717) is 28.1 Å². The van der Waals surface area contributed by atoms with E-state index in [9.17, 15) is 9.59 Å². The van der Waals surface area contributed by atoms with Crippen molar-refractivity contribution in [1.29, 1.82) is 0 Å². The van der Waals surface area contributed by atoms with Gasteiger partial charge in [-0.05, 0) is 37.3 Å². The molecule has 1 aromatic heterocycles. The Morgan fingerprint density at radius 1 is 1.09 bits per heavy atom. The number of rotatable bonds is 3. The average Bonchev–Trinajstić information content (AvgIpc) is 2.97. The third-order valence-electron chi connectivity index (χ3n) is 3.32. The number of ketones is 1. The molecular weight excluding hydrogens is 282 g/mol. The molecule has 110 valence electrons.